The Hall–Kier alpha value is -3.50. The fourth-order valence-electron chi connectivity index (χ4n) is 3.78. The van der Waals surface area contributed by atoms with Crippen LogP contribution in [0.2, 0.25) is 0 Å². The molecule has 178 valence electrons. The molecule has 0 radical (unpaired) electrons. The molecular formula is C33H25AuOP+. The normalized spacial score (nSPS) is 9.78. The van der Waals surface area contributed by atoms with Gasteiger partial charge < -0.3 is 6.42 Å². The number of hydrogen-bond acceptors (Lipinski definition) is 1. The quantitative estimate of drug-likeness (QED) is 0.0738. The Bertz CT molecular complexity index is 1290. The van der Waals surface area contributed by atoms with Crippen molar-refractivity contribution in [3.63, 3.8) is 0 Å². The molecule has 0 aliphatic rings. The Morgan fingerprint density at radius 3 is 1.19 bits per heavy atom. The van der Waals surface area contributed by atoms with E-state index in [9.17, 15) is 4.79 Å². The van der Waals surface area contributed by atoms with E-state index in [-0.39, 0.29) is 28.2 Å². The smallest absolute Gasteiger partial charge is 0.366 e. The average molecular weight is 666 g/mol. The summed E-state index contributed by atoms with van der Waals surface area (Å²) in [4.78, 5) is 12.0. The van der Waals surface area contributed by atoms with E-state index in [0.717, 1.165) is 0 Å². The predicted octanol–water partition coefficient (Wildman–Crippen LogP) is 6.03. The maximum Gasteiger partial charge on any atom is 1.00 e. The SMILES string of the molecule is [Au+].[C-]#Cc1ccc(C(=O)c2ccccc2)cc1.c1ccc([PH+](c2ccccc2)c2ccccc2)cc1. The molecule has 5 aromatic carbocycles. The van der Waals surface area contributed by atoms with Gasteiger partial charge in [-0.25, -0.2) is 0 Å². The van der Waals surface area contributed by atoms with E-state index in [1.54, 1.807) is 36.4 Å². The van der Waals surface area contributed by atoms with Gasteiger partial charge in [0.2, 0.25) is 0 Å². The van der Waals surface area contributed by atoms with E-state index < -0.39 is 7.92 Å². The first-order chi connectivity index (χ1) is 17.3. The van der Waals surface area contributed by atoms with Gasteiger partial charge in [-0.1, -0.05) is 97.1 Å². The largest absolute Gasteiger partial charge is 1.00 e. The van der Waals surface area contributed by atoms with E-state index in [2.05, 4.69) is 96.9 Å². The molecule has 0 bridgehead atoms. The molecule has 0 atom stereocenters. The standard InChI is InChI=1S/C18H15P.C15H9O.Au/c1-4-10-16(11-5-1)19(17-12-6-2-7-13-17)18-14-8-3-9-15-18;1-2-12-8-10-14(11-9-12)15(16)13-6-4-3-5-7-13;/h1-15H;3-11H;/q;-1;+1/p+1. The van der Waals surface area contributed by atoms with Crippen molar-refractivity contribution in [3.05, 3.63) is 169 Å². The Morgan fingerprint density at radius 2 is 0.833 bits per heavy atom. The number of hydrogen-bond donors (Lipinski definition) is 0. The van der Waals surface area contributed by atoms with E-state index in [1.807, 2.05) is 18.2 Å². The van der Waals surface area contributed by atoms with Crippen LogP contribution >= 0.6 is 7.92 Å². The van der Waals surface area contributed by atoms with E-state index >= 15 is 0 Å². The summed E-state index contributed by atoms with van der Waals surface area (Å²) < 4.78 is 0. The summed E-state index contributed by atoms with van der Waals surface area (Å²) in [6, 6.07) is 48.5. The zero-order chi connectivity index (χ0) is 24.3. The molecule has 0 aromatic heterocycles. The first kappa shape index (κ1) is 27.1. The molecule has 36 heavy (non-hydrogen) atoms. The minimum Gasteiger partial charge on any atom is -0.366 e. The summed E-state index contributed by atoms with van der Waals surface area (Å²) in [6.07, 6.45) is 6.95. The van der Waals surface area contributed by atoms with Gasteiger partial charge in [-0.2, -0.15) is 0 Å². The number of carbonyl (C=O) groups is 1. The minimum absolute atomic E-state index is 0. The summed E-state index contributed by atoms with van der Waals surface area (Å²) in [5, 5.41) is 4.31. The molecule has 5 rings (SSSR count). The number of rotatable bonds is 5. The molecule has 0 aliphatic heterocycles. The Kier molecular flexibility index (Phi) is 10.7. The van der Waals surface area contributed by atoms with Gasteiger partial charge >= 0.3 is 22.4 Å². The van der Waals surface area contributed by atoms with Crippen LogP contribution in [-0.2, 0) is 22.4 Å². The zero-order valence-corrected chi connectivity index (χ0v) is 22.7. The van der Waals surface area contributed by atoms with Crippen LogP contribution in [0.15, 0.2) is 146 Å². The maximum absolute atomic E-state index is 12.0. The molecule has 3 heteroatoms. The maximum atomic E-state index is 12.0. The summed E-state index contributed by atoms with van der Waals surface area (Å²) in [5.41, 5.74) is 1.98. The Balaban J connectivity index is 0.000000198. The fraction of sp³-hybridized carbons (Fsp3) is 0. The fourth-order valence-corrected chi connectivity index (χ4v) is 6.35. The second kappa shape index (κ2) is 14.2. The summed E-state index contributed by atoms with van der Waals surface area (Å²) in [7, 11) is -0.877. The van der Waals surface area contributed by atoms with Crippen LogP contribution in [-0.4, -0.2) is 5.78 Å². The van der Waals surface area contributed by atoms with E-state index in [0.29, 0.717) is 16.7 Å². The first-order valence-corrected chi connectivity index (χ1v) is 12.9. The minimum atomic E-state index is -0.877. The van der Waals surface area contributed by atoms with Gasteiger partial charge in [0.15, 0.2) is 5.78 Å². The topological polar surface area (TPSA) is 17.1 Å². The number of benzene rings is 5. The van der Waals surface area contributed by atoms with E-state index in [4.69, 9.17) is 6.42 Å². The molecule has 1 nitrogen and oxygen atoms in total. The van der Waals surface area contributed by atoms with Crippen LogP contribution in [0.5, 0.6) is 0 Å². The van der Waals surface area contributed by atoms with Crippen molar-refractivity contribution in [2.24, 2.45) is 0 Å². The van der Waals surface area contributed by atoms with Crippen LogP contribution in [0.1, 0.15) is 21.5 Å². The second-order valence-corrected chi connectivity index (χ2v) is 10.4. The van der Waals surface area contributed by atoms with Crippen molar-refractivity contribution < 1.29 is 27.2 Å². The van der Waals surface area contributed by atoms with Gasteiger partial charge in [0, 0.05) is 11.1 Å². The third-order valence-corrected chi connectivity index (χ3v) is 8.25. The summed E-state index contributed by atoms with van der Waals surface area (Å²) >= 11 is 0. The van der Waals surface area contributed by atoms with E-state index in [1.165, 1.54) is 15.9 Å². The number of ketones is 1. The summed E-state index contributed by atoms with van der Waals surface area (Å²) in [5.74, 6) is 2.27. The summed E-state index contributed by atoms with van der Waals surface area (Å²) in [6.45, 7) is 0. The average Bonchev–Trinajstić information content (AvgIpc) is 2.95. The van der Waals surface area contributed by atoms with Gasteiger partial charge in [-0.15, -0.1) is 17.7 Å². The van der Waals surface area contributed by atoms with Crippen molar-refractivity contribution in [1.82, 2.24) is 0 Å². The van der Waals surface area contributed by atoms with Crippen molar-refractivity contribution in [1.29, 1.82) is 0 Å². The molecule has 0 spiro atoms. The van der Waals surface area contributed by atoms with Crippen LogP contribution in [0.3, 0.4) is 0 Å². The molecule has 0 N–H and O–H groups in total. The van der Waals surface area contributed by atoms with Crippen molar-refractivity contribution >= 4 is 29.6 Å². The Labute approximate surface area is 230 Å². The second-order valence-electron chi connectivity index (χ2n) is 7.87. The zero-order valence-electron chi connectivity index (χ0n) is 19.6. The van der Waals surface area contributed by atoms with Crippen molar-refractivity contribution in [2.75, 3.05) is 0 Å². The van der Waals surface area contributed by atoms with Crippen LogP contribution in [0.25, 0.3) is 0 Å². The van der Waals surface area contributed by atoms with Gasteiger partial charge in [0.05, 0.1) is 7.92 Å². The molecule has 0 heterocycles. The van der Waals surface area contributed by atoms with Crippen molar-refractivity contribution in [3.8, 4) is 5.92 Å². The molecule has 0 saturated heterocycles. The molecule has 0 unspecified atom stereocenters. The molecule has 0 saturated carbocycles. The third-order valence-electron chi connectivity index (χ3n) is 5.51. The van der Waals surface area contributed by atoms with Gasteiger partial charge in [0.1, 0.15) is 15.9 Å². The van der Waals surface area contributed by atoms with Crippen molar-refractivity contribution in [2.45, 2.75) is 0 Å². The third kappa shape index (κ3) is 7.25. The molecule has 0 aliphatic carbocycles. The van der Waals surface area contributed by atoms with Gasteiger partial charge in [-0.3, -0.25) is 10.7 Å². The monoisotopic (exact) mass is 665 g/mol. The van der Waals surface area contributed by atoms with Gasteiger partial charge in [-0.05, 0) is 36.4 Å². The Morgan fingerprint density at radius 1 is 0.500 bits per heavy atom. The number of carbonyl (C=O) groups excluding carboxylic acids is 1. The van der Waals surface area contributed by atoms with Crippen LogP contribution in [0.4, 0.5) is 0 Å². The van der Waals surface area contributed by atoms with Gasteiger partial charge in [0.25, 0.3) is 0 Å². The molecule has 0 fully saturated rings. The first-order valence-electron chi connectivity index (χ1n) is 11.4. The predicted molar refractivity (Wildman–Crippen MR) is 149 cm³/mol. The van der Waals surface area contributed by atoms with Crippen LogP contribution < -0.4 is 15.9 Å². The molecule has 5 aromatic rings. The van der Waals surface area contributed by atoms with Crippen LogP contribution in [0, 0.1) is 12.3 Å². The molecular weight excluding hydrogens is 640 g/mol. The molecule has 0 amide bonds.